The predicted octanol–water partition coefficient (Wildman–Crippen LogP) is 4.89. The first-order valence-electron chi connectivity index (χ1n) is 9.03. The van der Waals surface area contributed by atoms with Crippen LogP contribution in [0.5, 0.6) is 0 Å². The second-order valence-electron chi connectivity index (χ2n) is 6.56. The van der Waals surface area contributed by atoms with E-state index in [4.69, 9.17) is 0 Å². The van der Waals surface area contributed by atoms with E-state index in [0.29, 0.717) is 0 Å². The topological polar surface area (TPSA) is 25.2 Å². The van der Waals surface area contributed by atoms with Gasteiger partial charge in [0.2, 0.25) is 0 Å². The fraction of sp³-hybridized carbons (Fsp3) is 0.381. The molecule has 0 fully saturated rings. The molecule has 3 nitrogen and oxygen atoms in total. The SMILES string of the molecule is CCCN(CCC)Cc1cc2c(=O)n(C)cc(-c3ccccc3)c2s1. The molecular weight excluding hydrogens is 328 g/mol. The highest BCUT2D eigenvalue weighted by atomic mass is 32.1. The Morgan fingerprint density at radius 2 is 1.76 bits per heavy atom. The summed E-state index contributed by atoms with van der Waals surface area (Å²) in [6.45, 7) is 7.57. The van der Waals surface area contributed by atoms with Crippen LogP contribution in [0.2, 0.25) is 0 Å². The Kier molecular flexibility index (Phi) is 5.71. The van der Waals surface area contributed by atoms with Crippen LogP contribution in [0.1, 0.15) is 31.6 Å². The van der Waals surface area contributed by atoms with Crippen molar-refractivity contribution in [3.8, 4) is 11.1 Å². The van der Waals surface area contributed by atoms with Gasteiger partial charge in [-0.05, 0) is 37.6 Å². The highest BCUT2D eigenvalue weighted by Crippen LogP contribution is 2.33. The largest absolute Gasteiger partial charge is 0.317 e. The number of nitrogens with zero attached hydrogens (tertiary/aromatic N) is 2. The van der Waals surface area contributed by atoms with Gasteiger partial charge in [-0.15, -0.1) is 11.3 Å². The Hall–Kier alpha value is -1.91. The van der Waals surface area contributed by atoms with Crippen LogP contribution in [0.3, 0.4) is 0 Å². The van der Waals surface area contributed by atoms with Crippen molar-refractivity contribution < 1.29 is 0 Å². The second-order valence-corrected chi connectivity index (χ2v) is 7.69. The van der Waals surface area contributed by atoms with Crippen LogP contribution in [0, 0.1) is 0 Å². The average molecular weight is 355 g/mol. The van der Waals surface area contributed by atoms with Gasteiger partial charge in [-0.3, -0.25) is 9.69 Å². The Balaban J connectivity index is 2.07. The number of hydrogen-bond donors (Lipinski definition) is 0. The summed E-state index contributed by atoms with van der Waals surface area (Å²) in [5.41, 5.74) is 2.40. The molecule has 2 aromatic heterocycles. The Morgan fingerprint density at radius 3 is 2.40 bits per heavy atom. The van der Waals surface area contributed by atoms with Crippen LogP contribution in [-0.4, -0.2) is 22.6 Å². The normalized spacial score (nSPS) is 11.5. The van der Waals surface area contributed by atoms with Crippen molar-refractivity contribution in [3.63, 3.8) is 0 Å². The number of pyridine rings is 1. The number of aryl methyl sites for hydroxylation is 1. The molecule has 0 amide bonds. The quantitative estimate of drug-likeness (QED) is 0.603. The van der Waals surface area contributed by atoms with Crippen molar-refractivity contribution in [3.05, 3.63) is 57.8 Å². The molecule has 0 unspecified atom stereocenters. The van der Waals surface area contributed by atoms with E-state index in [9.17, 15) is 4.79 Å². The zero-order chi connectivity index (χ0) is 17.8. The summed E-state index contributed by atoms with van der Waals surface area (Å²) in [7, 11) is 1.84. The summed E-state index contributed by atoms with van der Waals surface area (Å²) in [5.74, 6) is 0. The molecule has 0 saturated carbocycles. The molecule has 25 heavy (non-hydrogen) atoms. The van der Waals surface area contributed by atoms with Gasteiger partial charge in [0, 0.05) is 34.9 Å². The van der Waals surface area contributed by atoms with E-state index >= 15 is 0 Å². The van der Waals surface area contributed by atoms with E-state index in [1.54, 1.807) is 15.9 Å². The third-order valence-electron chi connectivity index (χ3n) is 4.45. The molecule has 3 aromatic rings. The number of benzene rings is 1. The molecule has 0 spiro atoms. The van der Waals surface area contributed by atoms with Gasteiger partial charge in [0.1, 0.15) is 0 Å². The lowest BCUT2D eigenvalue weighted by atomic mass is 10.1. The fourth-order valence-corrected chi connectivity index (χ4v) is 4.55. The molecule has 0 aliphatic carbocycles. The molecule has 132 valence electrons. The van der Waals surface area contributed by atoms with E-state index in [0.717, 1.165) is 53.7 Å². The van der Waals surface area contributed by atoms with Crippen LogP contribution in [0.15, 0.2) is 47.4 Å². The Morgan fingerprint density at radius 1 is 1.08 bits per heavy atom. The first kappa shape index (κ1) is 17.9. The summed E-state index contributed by atoms with van der Waals surface area (Å²) < 4.78 is 2.81. The van der Waals surface area contributed by atoms with Crippen LogP contribution in [-0.2, 0) is 13.6 Å². The van der Waals surface area contributed by atoms with Crippen molar-refractivity contribution >= 4 is 21.4 Å². The van der Waals surface area contributed by atoms with Crippen LogP contribution >= 0.6 is 11.3 Å². The third-order valence-corrected chi connectivity index (χ3v) is 5.60. The van der Waals surface area contributed by atoms with Gasteiger partial charge >= 0.3 is 0 Å². The van der Waals surface area contributed by atoms with Gasteiger partial charge in [-0.25, -0.2) is 0 Å². The van der Waals surface area contributed by atoms with Crippen molar-refractivity contribution in [2.75, 3.05) is 13.1 Å². The van der Waals surface area contributed by atoms with Gasteiger partial charge in [-0.1, -0.05) is 44.2 Å². The maximum absolute atomic E-state index is 12.6. The van der Waals surface area contributed by atoms with E-state index in [1.165, 1.54) is 4.88 Å². The number of thiophene rings is 1. The number of fused-ring (bicyclic) bond motifs is 1. The molecule has 3 rings (SSSR count). The van der Waals surface area contributed by atoms with Crippen molar-refractivity contribution in [2.24, 2.45) is 7.05 Å². The average Bonchev–Trinajstić information content (AvgIpc) is 3.03. The lowest BCUT2D eigenvalue weighted by Gasteiger charge is -2.19. The highest BCUT2D eigenvalue weighted by Gasteiger charge is 2.14. The maximum Gasteiger partial charge on any atom is 0.259 e. The van der Waals surface area contributed by atoms with Crippen molar-refractivity contribution in [1.29, 1.82) is 0 Å². The van der Waals surface area contributed by atoms with Crippen molar-refractivity contribution in [1.82, 2.24) is 9.47 Å². The smallest absolute Gasteiger partial charge is 0.259 e. The lowest BCUT2D eigenvalue weighted by Crippen LogP contribution is -2.24. The van der Waals surface area contributed by atoms with Gasteiger partial charge in [0.15, 0.2) is 0 Å². The van der Waals surface area contributed by atoms with Crippen LogP contribution in [0.4, 0.5) is 0 Å². The fourth-order valence-electron chi connectivity index (χ4n) is 3.33. The molecule has 0 atom stereocenters. The van der Waals surface area contributed by atoms with Gasteiger partial charge in [-0.2, -0.15) is 0 Å². The molecule has 1 aromatic carbocycles. The summed E-state index contributed by atoms with van der Waals surface area (Å²) in [5, 5.41) is 0.844. The van der Waals surface area contributed by atoms with Crippen molar-refractivity contribution in [2.45, 2.75) is 33.2 Å². The molecule has 0 saturated heterocycles. The second kappa shape index (κ2) is 7.98. The summed E-state index contributed by atoms with van der Waals surface area (Å²) in [4.78, 5) is 16.4. The van der Waals surface area contributed by atoms with E-state index in [2.05, 4.69) is 36.9 Å². The third kappa shape index (κ3) is 3.86. The molecule has 4 heteroatoms. The number of hydrogen-bond acceptors (Lipinski definition) is 3. The van der Waals surface area contributed by atoms with E-state index in [-0.39, 0.29) is 5.56 Å². The molecule has 0 radical (unpaired) electrons. The molecule has 0 aliphatic heterocycles. The van der Waals surface area contributed by atoms with Crippen LogP contribution < -0.4 is 5.56 Å². The first-order valence-corrected chi connectivity index (χ1v) is 9.85. The minimum atomic E-state index is 0.0923. The predicted molar refractivity (Wildman–Crippen MR) is 108 cm³/mol. The van der Waals surface area contributed by atoms with E-state index in [1.807, 2.05) is 31.4 Å². The Labute approximate surface area is 153 Å². The molecule has 0 bridgehead atoms. The van der Waals surface area contributed by atoms with Crippen LogP contribution in [0.25, 0.3) is 21.2 Å². The minimum Gasteiger partial charge on any atom is -0.317 e. The first-order chi connectivity index (χ1) is 12.1. The van der Waals surface area contributed by atoms with Gasteiger partial charge in [0.25, 0.3) is 5.56 Å². The minimum absolute atomic E-state index is 0.0923. The monoisotopic (exact) mass is 354 g/mol. The number of rotatable bonds is 7. The molecule has 2 heterocycles. The Bertz CT molecular complexity index is 889. The molecule has 0 N–H and O–H groups in total. The summed E-state index contributed by atoms with van der Waals surface area (Å²) in [6, 6.07) is 12.4. The van der Waals surface area contributed by atoms with E-state index < -0.39 is 0 Å². The standard InChI is InChI=1S/C21H26N2OS/c1-4-11-23(12-5-2)14-17-13-18-20(25-17)19(15-22(3)21(18)24)16-9-7-6-8-10-16/h6-10,13,15H,4-5,11-12,14H2,1-3H3. The maximum atomic E-state index is 12.6. The summed E-state index contributed by atoms with van der Waals surface area (Å²) >= 11 is 1.77. The molecule has 0 aliphatic rings. The zero-order valence-corrected chi connectivity index (χ0v) is 16.1. The zero-order valence-electron chi connectivity index (χ0n) is 15.3. The lowest BCUT2D eigenvalue weighted by molar-refractivity contribution is 0.269. The van der Waals surface area contributed by atoms with Gasteiger partial charge in [0.05, 0.1) is 5.39 Å². The highest BCUT2D eigenvalue weighted by molar-refractivity contribution is 7.19. The molecular formula is C21H26N2OS. The number of aromatic nitrogens is 1. The van der Waals surface area contributed by atoms with Gasteiger partial charge < -0.3 is 4.57 Å². The summed E-state index contributed by atoms with van der Waals surface area (Å²) in [6.07, 6.45) is 4.28.